The zero-order valence-corrected chi connectivity index (χ0v) is 13.0. The molecule has 0 saturated carbocycles. The van der Waals surface area contributed by atoms with Crippen molar-refractivity contribution in [3.8, 4) is 5.75 Å². The average Bonchev–Trinajstić information content (AvgIpc) is 2.44. The van der Waals surface area contributed by atoms with E-state index in [9.17, 15) is 0 Å². The van der Waals surface area contributed by atoms with Gasteiger partial charge in [0.25, 0.3) is 0 Å². The first-order chi connectivity index (χ1) is 9.57. The van der Waals surface area contributed by atoms with E-state index in [-0.39, 0.29) is 5.41 Å². The molecule has 2 aromatic rings. The molecule has 1 aromatic carbocycles. The van der Waals surface area contributed by atoms with Crippen molar-refractivity contribution in [2.45, 2.75) is 20.3 Å². The number of anilines is 1. The van der Waals surface area contributed by atoms with Crippen LogP contribution >= 0.6 is 11.6 Å². The first-order valence-electron chi connectivity index (χ1n) is 6.79. The highest BCUT2D eigenvalue weighted by atomic mass is 35.5. The van der Waals surface area contributed by atoms with Crippen molar-refractivity contribution < 1.29 is 4.74 Å². The zero-order valence-electron chi connectivity index (χ0n) is 12.2. The number of hydrogen-bond acceptors (Lipinski definition) is 3. The molecule has 1 aromatic heterocycles. The van der Waals surface area contributed by atoms with Gasteiger partial charge in [-0.2, -0.15) is 0 Å². The van der Waals surface area contributed by atoms with Crippen molar-refractivity contribution >= 4 is 28.2 Å². The third-order valence-electron chi connectivity index (χ3n) is 3.49. The van der Waals surface area contributed by atoms with Crippen molar-refractivity contribution in [3.05, 3.63) is 30.5 Å². The van der Waals surface area contributed by atoms with E-state index in [1.54, 1.807) is 7.11 Å². The van der Waals surface area contributed by atoms with Crippen molar-refractivity contribution in [1.82, 2.24) is 4.98 Å². The second-order valence-electron chi connectivity index (χ2n) is 5.67. The van der Waals surface area contributed by atoms with Crippen molar-refractivity contribution in [1.29, 1.82) is 0 Å². The Kier molecular flexibility index (Phi) is 4.71. The van der Waals surface area contributed by atoms with Crippen LogP contribution in [0, 0.1) is 5.41 Å². The molecular formula is C16H21ClN2O. The standard InChI is InChI=1S/C16H21ClN2O/c1-16(2,8-9-17)11-19-15-13-5-4-6-14(20-3)12(13)7-10-18-15/h4-7,10H,8-9,11H2,1-3H3,(H,18,19). The molecule has 0 aliphatic carbocycles. The number of nitrogens with zero attached hydrogens (tertiary/aromatic N) is 1. The number of rotatable bonds is 6. The Morgan fingerprint density at radius 2 is 2.05 bits per heavy atom. The molecule has 4 heteroatoms. The average molecular weight is 293 g/mol. The molecule has 0 aliphatic heterocycles. The molecule has 0 spiro atoms. The highest BCUT2D eigenvalue weighted by Crippen LogP contribution is 2.30. The van der Waals surface area contributed by atoms with Crippen LogP contribution in [0.25, 0.3) is 10.8 Å². The molecule has 0 amide bonds. The number of hydrogen-bond donors (Lipinski definition) is 1. The quantitative estimate of drug-likeness (QED) is 0.806. The number of ether oxygens (including phenoxy) is 1. The smallest absolute Gasteiger partial charge is 0.133 e. The second kappa shape index (κ2) is 6.31. The summed E-state index contributed by atoms with van der Waals surface area (Å²) in [7, 11) is 1.69. The summed E-state index contributed by atoms with van der Waals surface area (Å²) in [6.07, 6.45) is 2.78. The van der Waals surface area contributed by atoms with Gasteiger partial charge in [0.05, 0.1) is 7.11 Å². The minimum atomic E-state index is 0.143. The molecule has 2 rings (SSSR count). The summed E-state index contributed by atoms with van der Waals surface area (Å²) in [6, 6.07) is 7.98. The Hall–Kier alpha value is -1.48. The van der Waals surface area contributed by atoms with E-state index < -0.39 is 0 Å². The van der Waals surface area contributed by atoms with E-state index in [0.717, 1.165) is 35.3 Å². The van der Waals surface area contributed by atoms with Gasteiger partial charge in [0.2, 0.25) is 0 Å². The highest BCUT2D eigenvalue weighted by molar-refractivity contribution is 6.17. The van der Waals surface area contributed by atoms with Crippen molar-refractivity contribution in [2.24, 2.45) is 5.41 Å². The molecule has 1 N–H and O–H groups in total. The molecule has 3 nitrogen and oxygen atoms in total. The van der Waals surface area contributed by atoms with Crippen molar-refractivity contribution in [3.63, 3.8) is 0 Å². The first kappa shape index (κ1) is 14.9. The number of nitrogens with one attached hydrogen (secondary N) is 1. The van der Waals surface area contributed by atoms with Gasteiger partial charge in [0.15, 0.2) is 0 Å². The van der Waals surface area contributed by atoms with Crippen LogP contribution in [0.5, 0.6) is 5.75 Å². The number of halogens is 1. The maximum absolute atomic E-state index is 5.84. The summed E-state index contributed by atoms with van der Waals surface area (Å²) in [5.74, 6) is 2.43. The van der Waals surface area contributed by atoms with Crippen molar-refractivity contribution in [2.75, 3.05) is 24.9 Å². The molecule has 0 saturated heterocycles. The summed E-state index contributed by atoms with van der Waals surface area (Å²) >= 11 is 5.84. The lowest BCUT2D eigenvalue weighted by Crippen LogP contribution is -2.24. The SMILES string of the molecule is COc1cccc2c(NCC(C)(C)CCCl)nccc12. The fraction of sp³-hybridized carbons (Fsp3) is 0.438. The van der Waals surface area contributed by atoms with Gasteiger partial charge in [-0.1, -0.05) is 26.0 Å². The summed E-state index contributed by atoms with van der Waals surface area (Å²) < 4.78 is 5.39. The van der Waals surface area contributed by atoms with Gasteiger partial charge in [0.1, 0.15) is 11.6 Å². The fourth-order valence-corrected chi connectivity index (χ4v) is 2.68. The van der Waals surface area contributed by atoms with Crippen LogP contribution in [0.1, 0.15) is 20.3 Å². The van der Waals surface area contributed by atoms with Crippen LogP contribution in [0.15, 0.2) is 30.5 Å². The summed E-state index contributed by atoms with van der Waals surface area (Å²) in [5, 5.41) is 5.59. The van der Waals surface area contributed by atoms with E-state index in [4.69, 9.17) is 16.3 Å². The molecule has 0 unspecified atom stereocenters. The number of alkyl halides is 1. The fourth-order valence-electron chi connectivity index (χ4n) is 2.16. The van der Waals surface area contributed by atoms with Gasteiger partial charge in [-0.25, -0.2) is 4.98 Å². The number of fused-ring (bicyclic) bond motifs is 1. The van der Waals surface area contributed by atoms with Crippen LogP contribution in [-0.2, 0) is 0 Å². The molecule has 0 atom stereocenters. The largest absolute Gasteiger partial charge is 0.496 e. The van der Waals surface area contributed by atoms with E-state index in [1.807, 2.05) is 24.4 Å². The van der Waals surface area contributed by atoms with Gasteiger partial charge in [-0.3, -0.25) is 0 Å². The van der Waals surface area contributed by atoms with Gasteiger partial charge in [-0.15, -0.1) is 11.6 Å². The van der Waals surface area contributed by atoms with Gasteiger partial charge in [-0.05, 0) is 24.0 Å². The van der Waals surface area contributed by atoms with E-state index in [1.165, 1.54) is 0 Å². The van der Waals surface area contributed by atoms with Gasteiger partial charge < -0.3 is 10.1 Å². The maximum atomic E-state index is 5.84. The predicted molar refractivity (Wildman–Crippen MR) is 85.9 cm³/mol. The molecular weight excluding hydrogens is 272 g/mol. The van der Waals surface area contributed by atoms with Crippen LogP contribution in [0.4, 0.5) is 5.82 Å². The Bertz CT molecular complexity index is 584. The summed E-state index contributed by atoms with van der Waals surface area (Å²) in [6.45, 7) is 5.24. The van der Waals surface area contributed by atoms with Crippen LogP contribution in [0.2, 0.25) is 0 Å². The van der Waals surface area contributed by atoms with E-state index in [2.05, 4.69) is 30.2 Å². The first-order valence-corrected chi connectivity index (χ1v) is 7.32. The minimum Gasteiger partial charge on any atom is -0.496 e. The molecule has 20 heavy (non-hydrogen) atoms. The molecule has 108 valence electrons. The minimum absolute atomic E-state index is 0.143. The Balaban J connectivity index is 2.27. The molecule has 0 aliphatic rings. The predicted octanol–water partition coefficient (Wildman–Crippen LogP) is 4.31. The summed E-state index contributed by atoms with van der Waals surface area (Å²) in [5.41, 5.74) is 0.143. The topological polar surface area (TPSA) is 34.1 Å². The van der Waals surface area contributed by atoms with Crippen LogP contribution in [0.3, 0.4) is 0 Å². The van der Waals surface area contributed by atoms with Gasteiger partial charge in [0, 0.05) is 29.4 Å². The second-order valence-corrected chi connectivity index (χ2v) is 6.05. The Morgan fingerprint density at radius 3 is 2.75 bits per heavy atom. The monoisotopic (exact) mass is 292 g/mol. The number of methoxy groups -OCH3 is 1. The molecule has 0 fully saturated rings. The number of pyridine rings is 1. The van der Waals surface area contributed by atoms with Crippen LogP contribution < -0.4 is 10.1 Å². The maximum Gasteiger partial charge on any atom is 0.133 e. The molecule has 1 heterocycles. The Labute approximate surface area is 125 Å². The lowest BCUT2D eigenvalue weighted by atomic mass is 9.90. The molecule has 0 radical (unpaired) electrons. The lowest BCUT2D eigenvalue weighted by molar-refractivity contribution is 0.379. The lowest BCUT2D eigenvalue weighted by Gasteiger charge is -2.24. The van der Waals surface area contributed by atoms with Gasteiger partial charge >= 0.3 is 0 Å². The van der Waals surface area contributed by atoms with E-state index >= 15 is 0 Å². The third-order valence-corrected chi connectivity index (χ3v) is 3.68. The molecule has 0 bridgehead atoms. The zero-order chi connectivity index (χ0) is 14.6. The number of aromatic nitrogens is 1. The van der Waals surface area contributed by atoms with E-state index in [0.29, 0.717) is 5.88 Å². The highest BCUT2D eigenvalue weighted by Gasteiger charge is 2.17. The summed E-state index contributed by atoms with van der Waals surface area (Å²) in [4.78, 5) is 4.45. The number of benzene rings is 1. The Morgan fingerprint density at radius 1 is 1.25 bits per heavy atom. The normalized spacial score (nSPS) is 11.6. The van der Waals surface area contributed by atoms with Crippen LogP contribution in [-0.4, -0.2) is 24.5 Å². The third kappa shape index (κ3) is 3.34.